The van der Waals surface area contributed by atoms with Crippen LogP contribution in [0, 0.1) is 18.8 Å². The van der Waals surface area contributed by atoms with Crippen molar-refractivity contribution in [3.8, 4) is 11.8 Å². The first-order chi connectivity index (χ1) is 14.1. The molecule has 0 saturated heterocycles. The van der Waals surface area contributed by atoms with Gasteiger partial charge in [0.25, 0.3) is 0 Å². The standard InChI is InChI=1S/C24H20N2O3/c1-16-23(25-24(27)28-17(2)19-7-4-3-5-8-19)22(29-26-16)14-12-18-11-13-20-9-6-10-21(20)15-18/h3-9,11,13,15,17H,10H2,1-2H3,(H,25,27). The maximum Gasteiger partial charge on any atom is 0.412 e. The fraction of sp³-hybridized carbons (Fsp3) is 0.167. The van der Waals surface area contributed by atoms with Gasteiger partial charge in [-0.2, -0.15) is 0 Å². The number of benzene rings is 2. The Morgan fingerprint density at radius 1 is 1.21 bits per heavy atom. The maximum absolute atomic E-state index is 12.3. The molecule has 1 aliphatic carbocycles. The zero-order valence-corrected chi connectivity index (χ0v) is 16.2. The van der Waals surface area contributed by atoms with E-state index >= 15 is 0 Å². The summed E-state index contributed by atoms with van der Waals surface area (Å²) < 4.78 is 10.8. The number of amides is 1. The minimum absolute atomic E-state index is 0.297. The van der Waals surface area contributed by atoms with Crippen molar-refractivity contribution >= 4 is 17.9 Å². The Kier molecular flexibility index (Phi) is 5.17. The molecule has 1 atom stereocenters. The number of nitrogens with zero attached hydrogens (tertiary/aromatic N) is 1. The molecule has 1 amide bonds. The minimum atomic E-state index is -0.584. The Balaban J connectivity index is 1.47. The summed E-state index contributed by atoms with van der Waals surface area (Å²) in [7, 11) is 0. The highest BCUT2D eigenvalue weighted by Crippen LogP contribution is 2.23. The van der Waals surface area contributed by atoms with Crippen molar-refractivity contribution in [1.82, 2.24) is 5.16 Å². The largest absolute Gasteiger partial charge is 0.441 e. The fourth-order valence-corrected chi connectivity index (χ4v) is 3.15. The predicted molar refractivity (Wildman–Crippen MR) is 111 cm³/mol. The van der Waals surface area contributed by atoms with Gasteiger partial charge in [0.05, 0.1) is 0 Å². The molecule has 0 aliphatic heterocycles. The van der Waals surface area contributed by atoms with Crippen molar-refractivity contribution in [2.24, 2.45) is 0 Å². The predicted octanol–water partition coefficient (Wildman–Crippen LogP) is 5.26. The Morgan fingerprint density at radius 3 is 2.86 bits per heavy atom. The van der Waals surface area contributed by atoms with Gasteiger partial charge in [-0.1, -0.05) is 59.6 Å². The van der Waals surface area contributed by atoms with Crippen LogP contribution in [0.15, 0.2) is 59.1 Å². The van der Waals surface area contributed by atoms with Gasteiger partial charge in [0.1, 0.15) is 17.5 Å². The molecular weight excluding hydrogens is 364 g/mol. The second-order valence-corrected chi connectivity index (χ2v) is 6.83. The van der Waals surface area contributed by atoms with Gasteiger partial charge in [-0.15, -0.1) is 0 Å². The molecule has 0 bridgehead atoms. The van der Waals surface area contributed by atoms with Crippen molar-refractivity contribution in [3.63, 3.8) is 0 Å². The first-order valence-corrected chi connectivity index (χ1v) is 9.40. The molecule has 5 heteroatoms. The van der Waals surface area contributed by atoms with E-state index in [0.717, 1.165) is 17.5 Å². The lowest BCUT2D eigenvalue weighted by atomic mass is 10.1. The molecule has 0 spiro atoms. The van der Waals surface area contributed by atoms with Crippen LogP contribution in [0.25, 0.3) is 6.08 Å². The number of allylic oxidation sites excluding steroid dienone is 1. The van der Waals surface area contributed by atoms with E-state index in [1.165, 1.54) is 11.1 Å². The Labute approximate surface area is 169 Å². The highest BCUT2D eigenvalue weighted by Gasteiger charge is 2.17. The fourth-order valence-electron chi connectivity index (χ4n) is 3.15. The second kappa shape index (κ2) is 8.07. The third kappa shape index (κ3) is 4.22. The molecule has 5 nitrogen and oxygen atoms in total. The van der Waals surface area contributed by atoms with Crippen molar-refractivity contribution in [1.29, 1.82) is 0 Å². The third-order valence-corrected chi connectivity index (χ3v) is 4.74. The number of nitrogens with one attached hydrogen (secondary N) is 1. The summed E-state index contributed by atoms with van der Waals surface area (Å²) in [4.78, 5) is 12.3. The lowest BCUT2D eigenvalue weighted by Crippen LogP contribution is -2.16. The van der Waals surface area contributed by atoms with Crippen LogP contribution in [0.2, 0.25) is 0 Å². The molecule has 1 unspecified atom stereocenters. The lowest BCUT2D eigenvalue weighted by Gasteiger charge is -2.13. The van der Waals surface area contributed by atoms with E-state index in [1.54, 1.807) is 6.92 Å². The number of rotatable bonds is 3. The van der Waals surface area contributed by atoms with E-state index in [-0.39, 0.29) is 6.10 Å². The number of aryl methyl sites for hydroxylation is 1. The van der Waals surface area contributed by atoms with Crippen molar-refractivity contribution < 1.29 is 14.1 Å². The number of hydrogen-bond donors (Lipinski definition) is 1. The van der Waals surface area contributed by atoms with Crippen LogP contribution in [0.1, 0.15) is 46.7 Å². The summed E-state index contributed by atoms with van der Waals surface area (Å²) >= 11 is 0. The normalized spacial score (nSPS) is 12.6. The number of anilines is 1. The number of hydrogen-bond acceptors (Lipinski definition) is 4. The zero-order valence-electron chi connectivity index (χ0n) is 16.2. The van der Waals surface area contributed by atoms with Crippen molar-refractivity contribution in [2.45, 2.75) is 26.4 Å². The van der Waals surface area contributed by atoms with Crippen LogP contribution in [-0.4, -0.2) is 11.2 Å². The number of ether oxygens (including phenoxy) is 1. The summed E-state index contributed by atoms with van der Waals surface area (Å²) in [5.74, 6) is 6.34. The molecule has 0 radical (unpaired) electrons. The van der Waals surface area contributed by atoms with E-state index in [1.807, 2.05) is 43.3 Å². The van der Waals surface area contributed by atoms with Crippen LogP contribution in [0.5, 0.6) is 0 Å². The van der Waals surface area contributed by atoms with Crippen LogP contribution < -0.4 is 5.32 Å². The maximum atomic E-state index is 12.3. The summed E-state index contributed by atoms with van der Waals surface area (Å²) in [6, 6.07) is 15.6. The molecule has 1 aromatic heterocycles. The van der Waals surface area contributed by atoms with Crippen LogP contribution in [0.4, 0.5) is 10.5 Å². The van der Waals surface area contributed by atoms with Crippen molar-refractivity contribution in [2.75, 3.05) is 5.32 Å². The average molecular weight is 384 g/mol. The Hall–Kier alpha value is -3.78. The van der Waals surface area contributed by atoms with Crippen molar-refractivity contribution in [3.05, 3.63) is 88.3 Å². The topological polar surface area (TPSA) is 64.4 Å². The van der Waals surface area contributed by atoms with Crippen LogP contribution in [0.3, 0.4) is 0 Å². The summed E-state index contributed by atoms with van der Waals surface area (Å²) in [6.07, 6.45) is 4.19. The number of aromatic nitrogens is 1. The van der Waals surface area contributed by atoms with Gasteiger partial charge in [0.2, 0.25) is 5.76 Å². The molecule has 0 saturated carbocycles. The number of fused-ring (bicyclic) bond motifs is 1. The third-order valence-electron chi connectivity index (χ3n) is 4.74. The Morgan fingerprint density at radius 2 is 2.03 bits per heavy atom. The molecule has 1 N–H and O–H groups in total. The quantitative estimate of drug-likeness (QED) is 0.626. The van der Waals surface area contributed by atoms with Gasteiger partial charge in [0, 0.05) is 5.56 Å². The molecule has 1 aliphatic rings. The lowest BCUT2D eigenvalue weighted by molar-refractivity contribution is 0.121. The first-order valence-electron chi connectivity index (χ1n) is 9.40. The highest BCUT2D eigenvalue weighted by atomic mass is 16.6. The molecule has 1 heterocycles. The van der Waals surface area contributed by atoms with Crippen LogP contribution in [-0.2, 0) is 11.2 Å². The summed E-state index contributed by atoms with van der Waals surface area (Å²) in [6.45, 7) is 3.56. The minimum Gasteiger partial charge on any atom is -0.441 e. The summed E-state index contributed by atoms with van der Waals surface area (Å²) in [5.41, 5.74) is 5.23. The van der Waals surface area contributed by atoms with E-state index in [0.29, 0.717) is 17.1 Å². The molecule has 3 aromatic rings. The SMILES string of the molecule is Cc1noc(C#Cc2ccc3c(c2)CC=C3)c1NC(=O)OC(C)c1ccccc1. The second-order valence-electron chi connectivity index (χ2n) is 6.83. The molecule has 144 valence electrons. The van der Waals surface area contributed by atoms with Gasteiger partial charge in [-0.05, 0) is 55.0 Å². The molecule has 29 heavy (non-hydrogen) atoms. The highest BCUT2D eigenvalue weighted by molar-refractivity contribution is 5.87. The van der Waals surface area contributed by atoms with Crippen LogP contribution >= 0.6 is 0 Å². The Bertz CT molecular complexity index is 1130. The van der Waals surface area contributed by atoms with Gasteiger partial charge in [0.15, 0.2) is 0 Å². The summed E-state index contributed by atoms with van der Waals surface area (Å²) in [5, 5.41) is 6.63. The van der Waals surface area contributed by atoms with Gasteiger partial charge in [-0.25, -0.2) is 4.79 Å². The number of carbonyl (C=O) groups excluding carboxylic acids is 1. The molecular formula is C24H20N2O3. The van der Waals surface area contributed by atoms with E-state index < -0.39 is 6.09 Å². The zero-order chi connectivity index (χ0) is 20.2. The van der Waals surface area contributed by atoms with Gasteiger partial charge in [-0.3, -0.25) is 5.32 Å². The van der Waals surface area contributed by atoms with E-state index in [9.17, 15) is 4.79 Å². The number of carbonyl (C=O) groups is 1. The van der Waals surface area contributed by atoms with E-state index in [2.05, 4.69) is 46.6 Å². The smallest absolute Gasteiger partial charge is 0.412 e. The monoisotopic (exact) mass is 384 g/mol. The van der Waals surface area contributed by atoms with Gasteiger partial charge < -0.3 is 9.26 Å². The molecule has 2 aromatic carbocycles. The van der Waals surface area contributed by atoms with E-state index in [4.69, 9.17) is 9.26 Å². The first kappa shape index (κ1) is 18.6. The van der Waals surface area contributed by atoms with Gasteiger partial charge >= 0.3 is 6.09 Å². The average Bonchev–Trinajstić information content (AvgIpc) is 3.33. The molecule has 4 rings (SSSR count). The molecule has 0 fully saturated rings.